The summed E-state index contributed by atoms with van der Waals surface area (Å²) in [6.45, 7) is 0. The number of hydrogen-bond donors (Lipinski definition) is 1. The van der Waals surface area contributed by atoms with E-state index in [1.165, 1.54) is 18.6 Å². The number of anilines is 2. The molecule has 1 heterocycles. The Kier molecular flexibility index (Phi) is 2.79. The number of benzene rings is 2. The van der Waals surface area contributed by atoms with Gasteiger partial charge in [-0.1, -0.05) is 0 Å². The van der Waals surface area contributed by atoms with Gasteiger partial charge in [0.25, 0.3) is 0 Å². The Morgan fingerprint density at radius 2 is 1.19 bits per heavy atom. The Morgan fingerprint density at radius 3 is 1.69 bits per heavy atom. The van der Waals surface area contributed by atoms with Crippen molar-refractivity contribution in [2.75, 3.05) is 5.32 Å². The predicted octanol–water partition coefficient (Wildman–Crippen LogP) is 3.09. The van der Waals surface area contributed by atoms with Gasteiger partial charge in [0.05, 0.1) is 0 Å². The van der Waals surface area contributed by atoms with Crippen molar-refractivity contribution < 1.29 is 0 Å². The van der Waals surface area contributed by atoms with Crippen LogP contribution < -0.4 is 12.5 Å². The van der Waals surface area contributed by atoms with E-state index in [1.807, 2.05) is 0 Å². The van der Waals surface area contributed by atoms with Crippen LogP contribution in [0.15, 0.2) is 48.5 Å². The van der Waals surface area contributed by atoms with Gasteiger partial charge in [-0.3, -0.25) is 0 Å². The second-order valence-corrected chi connectivity index (χ2v) is 27.6. The first-order valence-corrected chi connectivity index (χ1v) is 17.7. The van der Waals surface area contributed by atoms with Crippen LogP contribution in [0.25, 0.3) is 0 Å². The molecule has 3 rings (SSSR count). The van der Waals surface area contributed by atoms with Crippen molar-refractivity contribution >= 4 is 57.9 Å². The quantitative estimate of drug-likeness (QED) is 0.604. The Labute approximate surface area is 111 Å². The van der Waals surface area contributed by atoms with Gasteiger partial charge in [-0.05, 0) is 0 Å². The molecule has 0 amide bonds. The summed E-state index contributed by atoms with van der Waals surface area (Å²) in [5.41, 5.74) is 2.44. The van der Waals surface area contributed by atoms with Crippen molar-refractivity contribution in [3.63, 3.8) is 0 Å². The van der Waals surface area contributed by atoms with Crippen molar-refractivity contribution in [1.29, 1.82) is 0 Å². The van der Waals surface area contributed by atoms with Crippen LogP contribution >= 0.6 is 25.5 Å². The van der Waals surface area contributed by atoms with E-state index in [0.29, 0.717) is 0 Å². The first-order chi connectivity index (χ1) is 7.69. The molecule has 0 unspecified atom stereocenters. The fourth-order valence-electron chi connectivity index (χ4n) is 1.85. The zero-order chi connectivity index (χ0) is 11.2. The Hall–Kier alpha value is -0.0104. The van der Waals surface area contributed by atoms with E-state index in [4.69, 9.17) is 0 Å². The monoisotopic (exact) mass is 455 g/mol. The fraction of sp³-hybridized carbons (Fsp3) is 0. The van der Waals surface area contributed by atoms with Gasteiger partial charge >= 0.3 is 112 Å². The van der Waals surface area contributed by atoms with Gasteiger partial charge in [-0.15, -0.1) is 0 Å². The summed E-state index contributed by atoms with van der Waals surface area (Å²) in [6, 6.07) is 17.0. The molecule has 1 aliphatic heterocycles. The Morgan fingerprint density at radius 1 is 0.750 bits per heavy atom. The van der Waals surface area contributed by atoms with E-state index in [1.54, 1.807) is 0 Å². The molecule has 0 bridgehead atoms. The molecule has 82 valence electrons. The molecule has 1 N–H and O–H groups in total. The third kappa shape index (κ3) is 1.64. The van der Waals surface area contributed by atoms with Crippen molar-refractivity contribution in [3.8, 4) is 0 Å². The maximum atomic E-state index is 3.96. The van der Waals surface area contributed by atoms with Crippen molar-refractivity contribution in [1.82, 2.24) is 0 Å². The van der Waals surface area contributed by atoms with E-state index in [9.17, 15) is 0 Å². The van der Waals surface area contributed by atoms with Gasteiger partial charge in [0, 0.05) is 0 Å². The number of nitrogens with one attached hydrogen (secondary N) is 1. The van der Waals surface area contributed by atoms with Crippen LogP contribution in [0, 0.1) is 0 Å². The second-order valence-electron chi connectivity index (χ2n) is 3.59. The molecule has 0 atom stereocenters. The van der Waals surface area contributed by atoms with Crippen LogP contribution in [0.2, 0.25) is 0 Å². The van der Waals surface area contributed by atoms with Gasteiger partial charge in [-0.2, -0.15) is 0 Å². The van der Waals surface area contributed by atoms with Crippen LogP contribution in [0.3, 0.4) is 0 Å². The molecule has 0 spiro atoms. The summed E-state index contributed by atoms with van der Waals surface area (Å²) in [6.07, 6.45) is 0. The summed E-state index contributed by atoms with van der Waals surface area (Å²) < 4.78 is 2.78. The molecule has 0 aromatic heterocycles. The zero-order valence-corrected chi connectivity index (χ0v) is 13.8. The molecule has 16 heavy (non-hydrogen) atoms. The first kappa shape index (κ1) is 11.1. The average molecular weight is 455 g/mol. The maximum absolute atomic E-state index is 3.96. The molecule has 0 radical (unpaired) electrons. The van der Waals surface area contributed by atoms with Gasteiger partial charge < -0.3 is 0 Å². The van der Waals surface area contributed by atoms with E-state index < -0.39 is 13.8 Å². The van der Waals surface area contributed by atoms with E-state index in [2.05, 4.69) is 79.4 Å². The van der Waals surface area contributed by atoms with Crippen LogP contribution in [-0.4, -0.2) is 13.8 Å². The van der Waals surface area contributed by atoms with E-state index in [-0.39, 0.29) is 0 Å². The van der Waals surface area contributed by atoms with Gasteiger partial charge in [0.15, 0.2) is 0 Å². The molecular formula is C12H9Br2NTe. The van der Waals surface area contributed by atoms with Gasteiger partial charge in [0.1, 0.15) is 0 Å². The predicted molar refractivity (Wildman–Crippen MR) is 79.0 cm³/mol. The summed E-state index contributed by atoms with van der Waals surface area (Å²) in [5.74, 6) is 0. The molecule has 0 aliphatic carbocycles. The first-order valence-electron chi connectivity index (χ1n) is 4.87. The van der Waals surface area contributed by atoms with Crippen molar-refractivity contribution in [3.05, 3.63) is 48.5 Å². The standard InChI is InChI=1S/C12H9Br2NTe/c13-16(14)11-7-3-1-5-9(11)15-10-6-2-4-8-12(10)16/h1-8,15H. The van der Waals surface area contributed by atoms with Crippen LogP contribution in [0.1, 0.15) is 0 Å². The summed E-state index contributed by atoms with van der Waals surface area (Å²) in [7, 11) is 0. The third-order valence-corrected chi connectivity index (χ3v) is 17.1. The molecule has 0 saturated heterocycles. The van der Waals surface area contributed by atoms with Crippen molar-refractivity contribution in [2.45, 2.75) is 0 Å². The number of halogens is 2. The number of fused-ring (bicyclic) bond motifs is 2. The second kappa shape index (κ2) is 4.03. The molecule has 2 aromatic carbocycles. The van der Waals surface area contributed by atoms with Crippen LogP contribution in [0.5, 0.6) is 0 Å². The summed E-state index contributed by atoms with van der Waals surface area (Å²) in [5, 5.41) is 3.48. The summed E-state index contributed by atoms with van der Waals surface area (Å²) >= 11 is 5.46. The minimum atomic E-state index is -2.45. The average Bonchev–Trinajstić information content (AvgIpc) is 2.29. The number of hydrogen-bond acceptors (Lipinski definition) is 1. The Bertz CT molecular complexity index is 507. The SMILES string of the molecule is Br[Te]1(Br)c2ccccc2Nc2ccccc21. The third-order valence-electron chi connectivity index (χ3n) is 2.60. The number of para-hydroxylation sites is 2. The van der Waals surface area contributed by atoms with Gasteiger partial charge in [0.2, 0.25) is 0 Å². The summed E-state index contributed by atoms with van der Waals surface area (Å²) in [4.78, 5) is 0. The molecule has 4 heteroatoms. The van der Waals surface area contributed by atoms with E-state index >= 15 is 0 Å². The van der Waals surface area contributed by atoms with Crippen LogP contribution in [0.4, 0.5) is 11.4 Å². The molecule has 0 fully saturated rings. The van der Waals surface area contributed by atoms with Gasteiger partial charge in [-0.25, -0.2) is 0 Å². The molecule has 1 aliphatic rings. The topological polar surface area (TPSA) is 12.0 Å². The molecular weight excluding hydrogens is 446 g/mol. The zero-order valence-electron chi connectivity index (χ0n) is 8.28. The fourth-order valence-corrected chi connectivity index (χ4v) is 13.8. The normalized spacial score (nSPS) is 17.9. The molecule has 1 nitrogen and oxygen atoms in total. The Balaban J connectivity index is 2.28. The number of rotatable bonds is 0. The molecule has 2 aromatic rings. The van der Waals surface area contributed by atoms with E-state index in [0.717, 1.165) is 0 Å². The minimum absolute atomic E-state index is 1.22. The van der Waals surface area contributed by atoms with Crippen LogP contribution in [-0.2, 0) is 0 Å². The van der Waals surface area contributed by atoms with Crippen molar-refractivity contribution in [2.24, 2.45) is 0 Å². The molecule has 0 saturated carbocycles.